The van der Waals surface area contributed by atoms with Gasteiger partial charge in [0.25, 0.3) is 0 Å². The van der Waals surface area contributed by atoms with Crippen molar-refractivity contribution in [1.82, 2.24) is 15.7 Å². The van der Waals surface area contributed by atoms with Crippen molar-refractivity contribution < 1.29 is 38.2 Å². The zero-order valence-corrected chi connectivity index (χ0v) is 24.1. The Morgan fingerprint density at radius 1 is 0.976 bits per heavy atom. The van der Waals surface area contributed by atoms with Crippen molar-refractivity contribution in [2.45, 2.75) is 64.3 Å². The normalized spacial score (nSPS) is 14.6. The predicted octanol–water partition coefficient (Wildman–Crippen LogP) is 3.49. The first-order valence-electron chi connectivity index (χ1n) is 13.9. The molecule has 0 aliphatic carbocycles. The van der Waals surface area contributed by atoms with Gasteiger partial charge in [-0.05, 0) is 24.8 Å². The lowest BCUT2D eigenvalue weighted by atomic mass is 10.1. The molecule has 1 atom stereocenters. The topological polar surface area (TPSA) is 125 Å². The van der Waals surface area contributed by atoms with Gasteiger partial charge < -0.3 is 29.6 Å². The first-order valence-corrected chi connectivity index (χ1v) is 13.9. The maximum Gasteiger partial charge on any atom is 0.247 e. The fourth-order valence-electron chi connectivity index (χ4n) is 4.24. The van der Waals surface area contributed by atoms with Crippen molar-refractivity contribution in [1.29, 1.82) is 0 Å². The van der Waals surface area contributed by atoms with Crippen LogP contribution in [0.5, 0.6) is 17.2 Å². The minimum atomic E-state index is -0.570. The smallest absolute Gasteiger partial charge is 0.247 e. The van der Waals surface area contributed by atoms with E-state index in [-0.39, 0.29) is 37.1 Å². The van der Waals surface area contributed by atoms with Crippen LogP contribution in [0.4, 0.5) is 0 Å². The number of rotatable bonds is 16. The van der Waals surface area contributed by atoms with Gasteiger partial charge in [0, 0.05) is 58.0 Å². The summed E-state index contributed by atoms with van der Waals surface area (Å²) in [5.41, 5.74) is 1.55. The summed E-state index contributed by atoms with van der Waals surface area (Å²) in [6, 6.07) is 13.0. The van der Waals surface area contributed by atoms with Crippen molar-refractivity contribution in [3.63, 3.8) is 0 Å². The van der Waals surface area contributed by atoms with Crippen molar-refractivity contribution in [2.75, 3.05) is 34.5 Å². The van der Waals surface area contributed by atoms with Crippen LogP contribution >= 0.6 is 0 Å². The van der Waals surface area contributed by atoms with Gasteiger partial charge in [-0.3, -0.25) is 14.4 Å². The van der Waals surface area contributed by atoms with Crippen molar-refractivity contribution in [3.05, 3.63) is 53.6 Å². The third kappa shape index (κ3) is 10.6. The molecular weight excluding hydrogens is 530 g/mol. The van der Waals surface area contributed by atoms with Crippen molar-refractivity contribution >= 4 is 17.7 Å². The molecule has 11 heteroatoms. The molecule has 3 amide bonds. The van der Waals surface area contributed by atoms with Crippen LogP contribution < -0.4 is 24.8 Å². The van der Waals surface area contributed by atoms with Gasteiger partial charge in [0.15, 0.2) is 6.29 Å². The fraction of sp³-hybridized carbons (Fsp3) is 0.500. The van der Waals surface area contributed by atoms with Crippen LogP contribution in [0.1, 0.15) is 56.1 Å². The number of hydrogen-bond acceptors (Lipinski definition) is 8. The maximum atomic E-state index is 13.3. The first-order chi connectivity index (χ1) is 19.9. The van der Waals surface area contributed by atoms with E-state index in [2.05, 4.69) is 10.6 Å². The lowest BCUT2D eigenvalue weighted by Gasteiger charge is -2.30. The molecule has 11 nitrogen and oxygen atoms in total. The van der Waals surface area contributed by atoms with Crippen molar-refractivity contribution in [2.24, 2.45) is 0 Å². The molecule has 2 aromatic rings. The molecule has 224 valence electrons. The second kappa shape index (κ2) is 17.1. The van der Waals surface area contributed by atoms with E-state index in [1.807, 2.05) is 30.3 Å². The minimum Gasteiger partial charge on any atom is -0.496 e. The van der Waals surface area contributed by atoms with Gasteiger partial charge in [0.05, 0.1) is 32.9 Å². The number of amides is 3. The van der Waals surface area contributed by atoms with Gasteiger partial charge in [0.1, 0.15) is 17.2 Å². The third-order valence-corrected chi connectivity index (χ3v) is 6.54. The van der Waals surface area contributed by atoms with Crippen LogP contribution in [0.2, 0.25) is 0 Å². The standard InChI is InChI=1S/C30H41N3O8/c1-31-27(34)12-9-17-39-23-18-25(37-2)24(26(19-23)38-3)21-33(41-30-13-7-8-16-40-30)29(36)15-14-28(35)32-20-22-10-5-4-6-11-22/h4-6,10-11,18-19,30H,7-9,12-17,20-21H2,1-3H3,(H,31,34)(H,32,35). The first kappa shape index (κ1) is 31.7. The largest absolute Gasteiger partial charge is 0.496 e. The number of hydrogen-bond donors (Lipinski definition) is 2. The molecule has 0 radical (unpaired) electrons. The molecule has 0 bridgehead atoms. The predicted molar refractivity (Wildman–Crippen MR) is 151 cm³/mol. The van der Waals surface area contributed by atoms with Gasteiger partial charge >= 0.3 is 0 Å². The van der Waals surface area contributed by atoms with Gasteiger partial charge in [-0.15, -0.1) is 0 Å². The fourth-order valence-corrected chi connectivity index (χ4v) is 4.24. The Kier molecular flexibility index (Phi) is 13.2. The number of carbonyl (C=O) groups is 3. The average Bonchev–Trinajstić information content (AvgIpc) is 3.01. The Bertz CT molecular complexity index is 1100. The molecule has 41 heavy (non-hydrogen) atoms. The second-order valence-electron chi connectivity index (χ2n) is 9.53. The monoisotopic (exact) mass is 571 g/mol. The highest BCUT2D eigenvalue weighted by atomic mass is 16.8. The average molecular weight is 572 g/mol. The molecule has 1 aliphatic rings. The molecule has 2 N–H and O–H groups in total. The van der Waals surface area contributed by atoms with E-state index in [0.29, 0.717) is 61.8 Å². The summed E-state index contributed by atoms with van der Waals surface area (Å²) in [6.45, 7) is 1.28. The molecule has 1 saturated heterocycles. The molecule has 2 aromatic carbocycles. The van der Waals surface area contributed by atoms with E-state index in [1.165, 1.54) is 19.3 Å². The highest BCUT2D eigenvalue weighted by Gasteiger charge is 2.26. The van der Waals surface area contributed by atoms with Crippen LogP contribution in [0.3, 0.4) is 0 Å². The number of carbonyl (C=O) groups excluding carboxylic acids is 3. The SMILES string of the molecule is CNC(=O)CCCOc1cc(OC)c(CN(OC2CCCCO2)C(=O)CCC(=O)NCc2ccccc2)c(OC)c1. The number of nitrogens with one attached hydrogen (secondary N) is 2. The molecule has 0 saturated carbocycles. The van der Waals surface area contributed by atoms with Crippen LogP contribution in [0.15, 0.2) is 42.5 Å². The summed E-state index contributed by atoms with van der Waals surface area (Å²) >= 11 is 0. The van der Waals surface area contributed by atoms with E-state index >= 15 is 0 Å². The lowest BCUT2D eigenvalue weighted by Crippen LogP contribution is -2.38. The van der Waals surface area contributed by atoms with Gasteiger partial charge in [-0.1, -0.05) is 30.3 Å². The zero-order chi connectivity index (χ0) is 29.5. The highest BCUT2D eigenvalue weighted by Crippen LogP contribution is 2.36. The molecule has 0 aromatic heterocycles. The molecule has 3 rings (SSSR count). The number of ether oxygens (including phenoxy) is 4. The van der Waals surface area contributed by atoms with Gasteiger partial charge in [-0.2, -0.15) is 0 Å². The van der Waals surface area contributed by atoms with Gasteiger partial charge in [0.2, 0.25) is 17.7 Å². The molecular formula is C30H41N3O8. The Hall–Kier alpha value is -3.83. The summed E-state index contributed by atoms with van der Waals surface area (Å²) in [7, 11) is 4.63. The molecule has 1 aliphatic heterocycles. The van der Waals surface area contributed by atoms with E-state index in [1.54, 1.807) is 19.2 Å². The summed E-state index contributed by atoms with van der Waals surface area (Å²) in [6.07, 6.45) is 2.79. The zero-order valence-electron chi connectivity index (χ0n) is 24.1. The van der Waals surface area contributed by atoms with Crippen LogP contribution in [0, 0.1) is 0 Å². The maximum absolute atomic E-state index is 13.3. The molecule has 0 spiro atoms. The summed E-state index contributed by atoms with van der Waals surface area (Å²) in [4.78, 5) is 43.3. The number of nitrogens with zero attached hydrogens (tertiary/aromatic N) is 1. The Labute approximate surface area is 241 Å². The number of methoxy groups -OCH3 is 2. The van der Waals surface area contributed by atoms with Crippen molar-refractivity contribution in [3.8, 4) is 17.2 Å². The molecule has 1 unspecified atom stereocenters. The minimum absolute atomic E-state index is 0.00757. The van der Waals surface area contributed by atoms with E-state index in [4.69, 9.17) is 23.8 Å². The number of benzene rings is 2. The summed E-state index contributed by atoms with van der Waals surface area (Å²) in [5.74, 6) is 0.731. The van der Waals surface area contributed by atoms with Gasteiger partial charge in [-0.25, -0.2) is 9.90 Å². The number of hydroxylamine groups is 2. The Morgan fingerprint density at radius 2 is 1.71 bits per heavy atom. The lowest BCUT2D eigenvalue weighted by molar-refractivity contribution is -0.283. The van der Waals surface area contributed by atoms with E-state index in [0.717, 1.165) is 18.4 Å². The summed E-state index contributed by atoms with van der Waals surface area (Å²) < 4.78 is 22.8. The van der Waals surface area contributed by atoms with E-state index < -0.39 is 6.29 Å². The Balaban J connectivity index is 1.68. The van der Waals surface area contributed by atoms with E-state index in [9.17, 15) is 14.4 Å². The third-order valence-electron chi connectivity index (χ3n) is 6.54. The quantitative estimate of drug-likeness (QED) is 0.232. The summed E-state index contributed by atoms with van der Waals surface area (Å²) in [5, 5.41) is 6.66. The molecule has 1 fully saturated rings. The highest BCUT2D eigenvalue weighted by molar-refractivity contribution is 5.83. The Morgan fingerprint density at radius 3 is 2.34 bits per heavy atom. The van der Waals surface area contributed by atoms with Crippen LogP contribution in [-0.4, -0.2) is 63.6 Å². The van der Waals surface area contributed by atoms with Crippen LogP contribution in [0.25, 0.3) is 0 Å². The second-order valence-corrected chi connectivity index (χ2v) is 9.53. The van der Waals surface area contributed by atoms with Crippen LogP contribution in [-0.2, 0) is 37.0 Å². The molecule has 1 heterocycles.